The minimum atomic E-state index is -0.477. The van der Waals surface area contributed by atoms with E-state index in [4.69, 9.17) is 4.74 Å². The lowest BCUT2D eigenvalue weighted by Gasteiger charge is -2.17. The Bertz CT molecular complexity index is 450. The number of hydrogen-bond acceptors (Lipinski definition) is 3. The van der Waals surface area contributed by atoms with Crippen LogP contribution < -0.4 is 10.1 Å². The van der Waals surface area contributed by atoms with Crippen LogP contribution in [0.5, 0.6) is 5.75 Å². The van der Waals surface area contributed by atoms with Crippen molar-refractivity contribution < 1.29 is 9.53 Å². The molecule has 1 aromatic carbocycles. The maximum atomic E-state index is 12.0. The van der Waals surface area contributed by atoms with Crippen LogP contribution in [0.2, 0.25) is 0 Å². The minimum absolute atomic E-state index is 0.0533. The molecule has 1 aliphatic heterocycles. The Balaban J connectivity index is 1.75. The SMILES string of the molecule is C[C@H](Oc1ccc(Br)cc1)C(=O)NC[C@H]1CCN(C)C1. The number of carbonyl (C=O) groups excluding carboxylic acids is 1. The second-order valence-corrected chi connectivity index (χ2v) is 6.29. The average molecular weight is 341 g/mol. The lowest BCUT2D eigenvalue weighted by atomic mass is 10.1. The molecule has 1 saturated heterocycles. The predicted molar refractivity (Wildman–Crippen MR) is 82.8 cm³/mol. The molecule has 0 aliphatic carbocycles. The van der Waals surface area contributed by atoms with Crippen molar-refractivity contribution in [2.24, 2.45) is 5.92 Å². The van der Waals surface area contributed by atoms with Gasteiger partial charge in [-0.1, -0.05) is 15.9 Å². The van der Waals surface area contributed by atoms with Gasteiger partial charge >= 0.3 is 0 Å². The Morgan fingerprint density at radius 1 is 1.50 bits per heavy atom. The molecule has 0 radical (unpaired) electrons. The van der Waals surface area contributed by atoms with Crippen molar-refractivity contribution in [2.75, 3.05) is 26.7 Å². The zero-order chi connectivity index (χ0) is 14.5. The summed E-state index contributed by atoms with van der Waals surface area (Å²) < 4.78 is 6.62. The fourth-order valence-electron chi connectivity index (χ4n) is 2.35. The highest BCUT2D eigenvalue weighted by Gasteiger charge is 2.21. The summed E-state index contributed by atoms with van der Waals surface area (Å²) in [5.41, 5.74) is 0. The van der Waals surface area contributed by atoms with Gasteiger partial charge in [0.15, 0.2) is 6.10 Å². The van der Waals surface area contributed by atoms with Crippen molar-refractivity contribution in [3.63, 3.8) is 0 Å². The van der Waals surface area contributed by atoms with Gasteiger partial charge in [0.1, 0.15) is 5.75 Å². The number of nitrogens with zero attached hydrogens (tertiary/aromatic N) is 1. The van der Waals surface area contributed by atoms with Crippen LogP contribution in [0, 0.1) is 5.92 Å². The monoisotopic (exact) mass is 340 g/mol. The van der Waals surface area contributed by atoms with Crippen LogP contribution in [0.25, 0.3) is 0 Å². The van der Waals surface area contributed by atoms with Crippen molar-refractivity contribution in [3.8, 4) is 5.75 Å². The molecule has 1 amide bonds. The van der Waals surface area contributed by atoms with Crippen LogP contribution in [0.3, 0.4) is 0 Å². The molecule has 110 valence electrons. The number of ether oxygens (including phenoxy) is 1. The summed E-state index contributed by atoms with van der Waals surface area (Å²) in [4.78, 5) is 14.3. The number of carbonyl (C=O) groups is 1. The van der Waals surface area contributed by atoms with Crippen LogP contribution in [-0.4, -0.2) is 43.6 Å². The van der Waals surface area contributed by atoms with Gasteiger partial charge in [0.2, 0.25) is 0 Å². The normalized spacial score (nSPS) is 20.6. The van der Waals surface area contributed by atoms with E-state index in [1.54, 1.807) is 6.92 Å². The third-order valence-electron chi connectivity index (χ3n) is 3.55. The topological polar surface area (TPSA) is 41.6 Å². The largest absolute Gasteiger partial charge is 0.481 e. The molecule has 1 aliphatic rings. The van der Waals surface area contributed by atoms with E-state index < -0.39 is 6.10 Å². The van der Waals surface area contributed by atoms with Gasteiger partial charge < -0.3 is 15.0 Å². The fraction of sp³-hybridized carbons (Fsp3) is 0.533. The first-order valence-corrected chi connectivity index (χ1v) is 7.72. The molecule has 1 fully saturated rings. The van der Waals surface area contributed by atoms with Gasteiger partial charge in [-0.3, -0.25) is 4.79 Å². The van der Waals surface area contributed by atoms with Crippen LogP contribution in [0.4, 0.5) is 0 Å². The highest BCUT2D eigenvalue weighted by atomic mass is 79.9. The zero-order valence-corrected chi connectivity index (χ0v) is 13.5. The first-order chi connectivity index (χ1) is 9.54. The molecule has 0 aromatic heterocycles. The van der Waals surface area contributed by atoms with Crippen molar-refractivity contribution in [3.05, 3.63) is 28.7 Å². The molecule has 20 heavy (non-hydrogen) atoms. The number of hydrogen-bond donors (Lipinski definition) is 1. The van der Waals surface area contributed by atoms with Gasteiger partial charge in [0.05, 0.1) is 0 Å². The van der Waals surface area contributed by atoms with Crippen LogP contribution >= 0.6 is 15.9 Å². The van der Waals surface area contributed by atoms with Gasteiger partial charge in [0.25, 0.3) is 5.91 Å². The number of likely N-dealkylation sites (tertiary alicyclic amines) is 1. The Morgan fingerprint density at radius 2 is 2.20 bits per heavy atom. The van der Waals surface area contributed by atoms with Gasteiger partial charge in [-0.05, 0) is 57.1 Å². The lowest BCUT2D eigenvalue weighted by molar-refractivity contribution is -0.127. The van der Waals surface area contributed by atoms with E-state index in [0.717, 1.165) is 30.5 Å². The highest BCUT2D eigenvalue weighted by Crippen LogP contribution is 2.17. The summed E-state index contributed by atoms with van der Waals surface area (Å²) in [6, 6.07) is 7.49. The molecule has 0 spiro atoms. The molecule has 2 atom stereocenters. The molecule has 1 N–H and O–H groups in total. The molecule has 1 heterocycles. The standard InChI is InChI=1S/C15H21BrN2O2/c1-11(20-14-5-3-13(16)4-6-14)15(19)17-9-12-7-8-18(2)10-12/h3-6,11-12H,7-10H2,1-2H3,(H,17,19)/t11-,12+/m0/s1. The van der Waals surface area contributed by atoms with Crippen molar-refractivity contribution >= 4 is 21.8 Å². The third kappa shape index (κ3) is 4.49. The van der Waals surface area contributed by atoms with Gasteiger partial charge in [-0.2, -0.15) is 0 Å². The van der Waals surface area contributed by atoms with E-state index in [-0.39, 0.29) is 5.91 Å². The minimum Gasteiger partial charge on any atom is -0.481 e. The molecular weight excluding hydrogens is 320 g/mol. The number of nitrogens with one attached hydrogen (secondary N) is 1. The first-order valence-electron chi connectivity index (χ1n) is 6.93. The van der Waals surface area contributed by atoms with Crippen molar-refractivity contribution in [1.29, 1.82) is 0 Å². The Labute approximate surface area is 128 Å². The third-order valence-corrected chi connectivity index (χ3v) is 4.08. The summed E-state index contributed by atoms with van der Waals surface area (Å²) in [5.74, 6) is 1.21. The van der Waals surface area contributed by atoms with Crippen LogP contribution in [0.1, 0.15) is 13.3 Å². The quantitative estimate of drug-likeness (QED) is 0.894. The highest BCUT2D eigenvalue weighted by molar-refractivity contribution is 9.10. The molecule has 0 saturated carbocycles. The maximum absolute atomic E-state index is 12.0. The molecule has 1 aromatic rings. The van der Waals surface area contributed by atoms with Crippen LogP contribution in [0.15, 0.2) is 28.7 Å². The Morgan fingerprint density at radius 3 is 2.80 bits per heavy atom. The van der Waals surface area contributed by atoms with E-state index in [1.807, 2.05) is 24.3 Å². The Kier molecular flexibility index (Phi) is 5.43. The molecule has 4 nitrogen and oxygen atoms in total. The van der Waals surface area contributed by atoms with E-state index in [2.05, 4.69) is 33.2 Å². The summed E-state index contributed by atoms with van der Waals surface area (Å²) in [6.07, 6.45) is 0.675. The number of halogens is 1. The lowest BCUT2D eigenvalue weighted by Crippen LogP contribution is -2.39. The van der Waals surface area contributed by atoms with E-state index in [1.165, 1.54) is 0 Å². The van der Waals surface area contributed by atoms with E-state index >= 15 is 0 Å². The molecule has 5 heteroatoms. The van der Waals surface area contributed by atoms with Gasteiger partial charge in [-0.25, -0.2) is 0 Å². The second kappa shape index (κ2) is 7.09. The summed E-state index contributed by atoms with van der Waals surface area (Å²) >= 11 is 3.37. The zero-order valence-electron chi connectivity index (χ0n) is 11.9. The maximum Gasteiger partial charge on any atom is 0.260 e. The number of benzene rings is 1. The number of rotatable bonds is 5. The number of amides is 1. The summed E-state index contributed by atoms with van der Waals surface area (Å²) in [6.45, 7) is 4.68. The van der Waals surface area contributed by atoms with Gasteiger partial charge in [-0.15, -0.1) is 0 Å². The molecule has 0 bridgehead atoms. The smallest absolute Gasteiger partial charge is 0.260 e. The summed E-state index contributed by atoms with van der Waals surface area (Å²) in [5, 5.41) is 2.98. The van der Waals surface area contributed by atoms with Crippen LogP contribution in [-0.2, 0) is 4.79 Å². The molecule has 2 rings (SSSR count). The molecule has 0 unspecified atom stereocenters. The van der Waals surface area contributed by atoms with E-state index in [9.17, 15) is 4.79 Å². The van der Waals surface area contributed by atoms with Crippen molar-refractivity contribution in [1.82, 2.24) is 10.2 Å². The predicted octanol–water partition coefficient (Wildman–Crippen LogP) is 2.28. The van der Waals surface area contributed by atoms with Crippen molar-refractivity contribution in [2.45, 2.75) is 19.4 Å². The Hall–Kier alpha value is -1.07. The van der Waals surface area contributed by atoms with E-state index in [0.29, 0.717) is 11.7 Å². The average Bonchev–Trinajstić information content (AvgIpc) is 2.84. The first kappa shape index (κ1) is 15.3. The van der Waals surface area contributed by atoms with Gasteiger partial charge in [0, 0.05) is 17.6 Å². The second-order valence-electron chi connectivity index (χ2n) is 5.38. The summed E-state index contributed by atoms with van der Waals surface area (Å²) in [7, 11) is 2.11. The fourth-order valence-corrected chi connectivity index (χ4v) is 2.62. The molecular formula is C15H21BrN2O2.